The van der Waals surface area contributed by atoms with Crippen LogP contribution in [0.3, 0.4) is 0 Å². The number of benzene rings is 1. The van der Waals surface area contributed by atoms with E-state index >= 15 is 0 Å². The van der Waals surface area contributed by atoms with Gasteiger partial charge in [-0.05, 0) is 30.8 Å². The number of nitrogens with zero attached hydrogens (tertiary/aromatic N) is 2. The van der Waals surface area contributed by atoms with Crippen LogP contribution >= 0.6 is 11.6 Å². The van der Waals surface area contributed by atoms with E-state index in [0.29, 0.717) is 6.10 Å². The van der Waals surface area contributed by atoms with Crippen molar-refractivity contribution in [3.63, 3.8) is 0 Å². The quantitative estimate of drug-likeness (QED) is 0.813. The molecule has 2 aliphatic rings. The maximum absolute atomic E-state index is 6.01. The molecule has 4 heteroatoms. The molecule has 0 spiro atoms. The van der Waals surface area contributed by atoms with Crippen LogP contribution in [0.1, 0.15) is 5.56 Å². The molecule has 3 nitrogen and oxygen atoms in total. The second-order valence-electron chi connectivity index (χ2n) is 5.30. The normalized spacial score (nSPS) is 24.9. The number of fused-ring (bicyclic) bond motifs is 1. The van der Waals surface area contributed by atoms with Crippen LogP contribution in [0.2, 0.25) is 5.02 Å². The zero-order valence-electron chi connectivity index (χ0n) is 10.7. The molecule has 0 aliphatic carbocycles. The van der Waals surface area contributed by atoms with Crippen molar-refractivity contribution < 1.29 is 4.74 Å². The molecule has 0 radical (unpaired) electrons. The second-order valence-corrected chi connectivity index (χ2v) is 5.74. The van der Waals surface area contributed by atoms with Gasteiger partial charge in [-0.15, -0.1) is 0 Å². The molecular formula is C14H19ClN2O. The maximum atomic E-state index is 6.01. The van der Waals surface area contributed by atoms with E-state index in [1.54, 1.807) is 0 Å². The standard InChI is InChI=1S/C14H19ClN2O/c1-16-4-6-17(7-5-16)10-13-9-11-8-12(15)2-3-14(11)18-13/h2-3,8,13H,4-7,9-10H2,1H3. The van der Waals surface area contributed by atoms with Crippen molar-refractivity contribution in [3.05, 3.63) is 28.8 Å². The molecule has 2 aliphatic heterocycles. The molecule has 0 N–H and O–H groups in total. The molecule has 0 saturated carbocycles. The first-order valence-electron chi connectivity index (χ1n) is 6.57. The molecule has 0 aromatic heterocycles. The Hall–Kier alpha value is -0.770. The fourth-order valence-electron chi connectivity index (χ4n) is 2.71. The van der Waals surface area contributed by atoms with Gasteiger partial charge in [-0.1, -0.05) is 11.6 Å². The summed E-state index contributed by atoms with van der Waals surface area (Å²) in [7, 11) is 2.18. The van der Waals surface area contributed by atoms with Gasteiger partial charge in [0.15, 0.2) is 0 Å². The topological polar surface area (TPSA) is 15.7 Å². The minimum atomic E-state index is 0.293. The summed E-state index contributed by atoms with van der Waals surface area (Å²) in [4.78, 5) is 4.87. The molecule has 2 heterocycles. The van der Waals surface area contributed by atoms with Crippen molar-refractivity contribution in [2.24, 2.45) is 0 Å². The molecule has 1 fully saturated rings. The van der Waals surface area contributed by atoms with Gasteiger partial charge < -0.3 is 9.64 Å². The summed E-state index contributed by atoms with van der Waals surface area (Å²) in [6, 6.07) is 5.92. The zero-order valence-corrected chi connectivity index (χ0v) is 11.5. The van der Waals surface area contributed by atoms with E-state index in [0.717, 1.165) is 49.9 Å². The van der Waals surface area contributed by atoms with E-state index in [-0.39, 0.29) is 0 Å². The Morgan fingerprint density at radius 3 is 2.83 bits per heavy atom. The van der Waals surface area contributed by atoms with Crippen LogP contribution in [-0.2, 0) is 6.42 Å². The van der Waals surface area contributed by atoms with Gasteiger partial charge in [-0.2, -0.15) is 0 Å². The first kappa shape index (κ1) is 12.3. The van der Waals surface area contributed by atoms with Crippen LogP contribution in [-0.4, -0.2) is 55.7 Å². The first-order chi connectivity index (χ1) is 8.70. The van der Waals surface area contributed by atoms with Crippen molar-refractivity contribution in [1.82, 2.24) is 9.80 Å². The Morgan fingerprint density at radius 2 is 2.06 bits per heavy atom. The van der Waals surface area contributed by atoms with E-state index in [1.165, 1.54) is 5.56 Å². The van der Waals surface area contributed by atoms with Gasteiger partial charge in [0.05, 0.1) is 0 Å². The van der Waals surface area contributed by atoms with E-state index in [9.17, 15) is 0 Å². The highest BCUT2D eigenvalue weighted by atomic mass is 35.5. The molecule has 3 rings (SSSR count). The molecule has 0 amide bonds. The SMILES string of the molecule is CN1CCN(CC2Cc3cc(Cl)ccc3O2)CC1. The summed E-state index contributed by atoms with van der Waals surface area (Å²) in [5.74, 6) is 1.01. The summed E-state index contributed by atoms with van der Waals surface area (Å²) < 4.78 is 5.98. The van der Waals surface area contributed by atoms with E-state index in [4.69, 9.17) is 16.3 Å². The highest BCUT2D eigenvalue weighted by molar-refractivity contribution is 6.30. The second kappa shape index (κ2) is 5.08. The number of rotatable bonds is 2. The average molecular weight is 267 g/mol. The van der Waals surface area contributed by atoms with Gasteiger partial charge in [-0.3, -0.25) is 4.90 Å². The molecule has 1 aromatic rings. The third kappa shape index (κ3) is 2.63. The molecule has 1 aromatic carbocycles. The summed E-state index contributed by atoms with van der Waals surface area (Å²) in [6.45, 7) is 5.64. The third-order valence-corrected chi connectivity index (χ3v) is 4.06. The monoisotopic (exact) mass is 266 g/mol. The van der Waals surface area contributed by atoms with Crippen molar-refractivity contribution in [1.29, 1.82) is 0 Å². The zero-order chi connectivity index (χ0) is 12.5. The summed E-state index contributed by atoms with van der Waals surface area (Å²) in [5, 5.41) is 0.803. The minimum Gasteiger partial charge on any atom is -0.488 e. The van der Waals surface area contributed by atoms with E-state index in [1.807, 2.05) is 18.2 Å². The molecule has 1 atom stereocenters. The lowest BCUT2D eigenvalue weighted by Crippen LogP contribution is -2.47. The minimum absolute atomic E-state index is 0.293. The Labute approximate surface area is 113 Å². The highest BCUT2D eigenvalue weighted by Crippen LogP contribution is 2.31. The number of hydrogen-bond donors (Lipinski definition) is 0. The van der Waals surface area contributed by atoms with Gasteiger partial charge in [0.1, 0.15) is 11.9 Å². The molecule has 1 saturated heterocycles. The molecule has 18 heavy (non-hydrogen) atoms. The fraction of sp³-hybridized carbons (Fsp3) is 0.571. The Bertz CT molecular complexity index is 430. The van der Waals surface area contributed by atoms with Crippen LogP contribution in [0, 0.1) is 0 Å². The predicted molar refractivity (Wildman–Crippen MR) is 73.5 cm³/mol. The summed E-state index contributed by atoms with van der Waals surface area (Å²) in [5.41, 5.74) is 1.25. The summed E-state index contributed by atoms with van der Waals surface area (Å²) in [6.07, 6.45) is 1.28. The van der Waals surface area contributed by atoms with Crippen LogP contribution < -0.4 is 4.74 Å². The molecule has 0 bridgehead atoms. The largest absolute Gasteiger partial charge is 0.488 e. The number of hydrogen-bond acceptors (Lipinski definition) is 3. The lowest BCUT2D eigenvalue weighted by atomic mass is 10.1. The van der Waals surface area contributed by atoms with Crippen molar-refractivity contribution in [2.45, 2.75) is 12.5 Å². The lowest BCUT2D eigenvalue weighted by Gasteiger charge is -2.33. The number of ether oxygens (including phenoxy) is 1. The van der Waals surface area contributed by atoms with Gasteiger partial charge in [-0.25, -0.2) is 0 Å². The lowest BCUT2D eigenvalue weighted by molar-refractivity contribution is 0.104. The fourth-order valence-corrected chi connectivity index (χ4v) is 2.90. The predicted octanol–water partition coefficient (Wildman–Crippen LogP) is 1.89. The van der Waals surface area contributed by atoms with Crippen molar-refractivity contribution in [2.75, 3.05) is 39.8 Å². The maximum Gasteiger partial charge on any atom is 0.123 e. The Kier molecular flexibility index (Phi) is 3.46. The van der Waals surface area contributed by atoms with Crippen LogP contribution in [0.15, 0.2) is 18.2 Å². The van der Waals surface area contributed by atoms with E-state index < -0.39 is 0 Å². The Balaban J connectivity index is 1.58. The van der Waals surface area contributed by atoms with Crippen molar-refractivity contribution >= 4 is 11.6 Å². The van der Waals surface area contributed by atoms with Gasteiger partial charge in [0, 0.05) is 44.2 Å². The number of piperazine rings is 1. The van der Waals surface area contributed by atoms with Gasteiger partial charge in [0.25, 0.3) is 0 Å². The molecule has 98 valence electrons. The van der Waals surface area contributed by atoms with Crippen molar-refractivity contribution in [3.8, 4) is 5.75 Å². The average Bonchev–Trinajstić information content (AvgIpc) is 2.73. The smallest absolute Gasteiger partial charge is 0.123 e. The highest BCUT2D eigenvalue weighted by Gasteiger charge is 2.26. The number of likely N-dealkylation sites (N-methyl/N-ethyl adjacent to an activating group) is 1. The third-order valence-electron chi connectivity index (χ3n) is 3.82. The van der Waals surface area contributed by atoms with Gasteiger partial charge >= 0.3 is 0 Å². The molecule has 1 unspecified atom stereocenters. The first-order valence-corrected chi connectivity index (χ1v) is 6.94. The van der Waals surface area contributed by atoms with E-state index in [2.05, 4.69) is 16.8 Å². The number of halogens is 1. The van der Waals surface area contributed by atoms with Crippen LogP contribution in [0.5, 0.6) is 5.75 Å². The molecular weight excluding hydrogens is 248 g/mol. The van der Waals surface area contributed by atoms with Gasteiger partial charge in [0.2, 0.25) is 0 Å². The van der Waals surface area contributed by atoms with Crippen LogP contribution in [0.25, 0.3) is 0 Å². The van der Waals surface area contributed by atoms with Crippen LogP contribution in [0.4, 0.5) is 0 Å². The Morgan fingerprint density at radius 1 is 1.28 bits per heavy atom. The summed E-state index contributed by atoms with van der Waals surface area (Å²) >= 11 is 6.01.